The highest BCUT2D eigenvalue weighted by atomic mass is 15.3. The quantitative estimate of drug-likeness (QED) is 0.870. The molecule has 0 unspecified atom stereocenters. The summed E-state index contributed by atoms with van der Waals surface area (Å²) in [4.78, 5) is 0. The molecule has 2 aromatic rings. The molecule has 1 aliphatic rings. The lowest BCUT2D eigenvalue weighted by Gasteiger charge is -2.27. The summed E-state index contributed by atoms with van der Waals surface area (Å²) >= 11 is 0. The Kier molecular flexibility index (Phi) is 2.69. The minimum atomic E-state index is 0.735. The number of benzene rings is 1. The van der Waals surface area contributed by atoms with Crippen LogP contribution in [0.1, 0.15) is 5.56 Å². The summed E-state index contributed by atoms with van der Waals surface area (Å²) in [5, 5.41) is 7.72. The Morgan fingerprint density at radius 3 is 2.65 bits per heavy atom. The average Bonchev–Trinajstić information content (AvgIpc) is 2.73. The van der Waals surface area contributed by atoms with Crippen LogP contribution in [0.15, 0.2) is 36.5 Å². The predicted octanol–water partition coefficient (Wildman–Crippen LogP) is 2.08. The van der Waals surface area contributed by atoms with Crippen LogP contribution in [0.2, 0.25) is 0 Å². The maximum Gasteiger partial charge on any atom is 0.0682 e. The molecular formula is C14H17N3. The molecule has 1 aliphatic heterocycles. The molecule has 0 atom stereocenters. The largest absolute Gasteiger partial charge is 0.316 e. The fourth-order valence-corrected chi connectivity index (χ4v) is 2.17. The Morgan fingerprint density at radius 2 is 2.00 bits per heavy atom. The predicted molar refractivity (Wildman–Crippen MR) is 68.8 cm³/mol. The fourth-order valence-electron chi connectivity index (χ4n) is 2.17. The van der Waals surface area contributed by atoms with E-state index in [0.29, 0.717) is 0 Å². The van der Waals surface area contributed by atoms with Gasteiger partial charge in [-0.25, -0.2) is 0 Å². The van der Waals surface area contributed by atoms with Gasteiger partial charge in [-0.05, 0) is 18.6 Å². The van der Waals surface area contributed by atoms with Crippen LogP contribution in [0.5, 0.6) is 0 Å². The van der Waals surface area contributed by atoms with Crippen LogP contribution in [-0.2, 0) is 6.54 Å². The summed E-state index contributed by atoms with van der Waals surface area (Å²) < 4.78 is 2.12. The molecule has 88 valence electrons. The summed E-state index contributed by atoms with van der Waals surface area (Å²) in [7, 11) is 0. The van der Waals surface area contributed by atoms with E-state index in [-0.39, 0.29) is 0 Å². The number of hydrogen-bond donors (Lipinski definition) is 1. The van der Waals surface area contributed by atoms with E-state index in [2.05, 4.69) is 52.4 Å². The number of rotatable bonds is 3. The summed E-state index contributed by atoms with van der Waals surface area (Å²) in [6.45, 7) is 5.37. The molecule has 3 heteroatoms. The van der Waals surface area contributed by atoms with Crippen molar-refractivity contribution in [3.05, 3.63) is 42.1 Å². The van der Waals surface area contributed by atoms with Gasteiger partial charge in [-0.1, -0.05) is 29.8 Å². The molecule has 0 bridgehead atoms. The molecule has 0 amide bonds. The molecule has 1 aromatic carbocycles. The Balaban J connectivity index is 1.86. The zero-order valence-electron chi connectivity index (χ0n) is 10.1. The van der Waals surface area contributed by atoms with Gasteiger partial charge in [0.1, 0.15) is 0 Å². The highest BCUT2D eigenvalue weighted by Gasteiger charge is 2.18. The average molecular weight is 227 g/mol. The normalized spacial score (nSPS) is 15.8. The van der Waals surface area contributed by atoms with Gasteiger partial charge in [0, 0.05) is 31.7 Å². The lowest BCUT2D eigenvalue weighted by molar-refractivity contribution is 0.297. The first kappa shape index (κ1) is 10.5. The van der Waals surface area contributed by atoms with Gasteiger partial charge in [0.15, 0.2) is 0 Å². The van der Waals surface area contributed by atoms with Crippen LogP contribution in [0.3, 0.4) is 0 Å². The lowest BCUT2D eigenvalue weighted by Crippen LogP contribution is -2.44. The Bertz CT molecular complexity index is 494. The van der Waals surface area contributed by atoms with Crippen LogP contribution in [-0.4, -0.2) is 22.9 Å². The smallest absolute Gasteiger partial charge is 0.0682 e. The highest BCUT2D eigenvalue weighted by molar-refractivity contribution is 5.59. The third kappa shape index (κ3) is 2.11. The van der Waals surface area contributed by atoms with Crippen molar-refractivity contribution in [1.82, 2.24) is 15.1 Å². The van der Waals surface area contributed by atoms with Crippen molar-refractivity contribution in [3.63, 3.8) is 0 Å². The van der Waals surface area contributed by atoms with E-state index in [9.17, 15) is 0 Å². The van der Waals surface area contributed by atoms with E-state index in [1.54, 1.807) is 0 Å². The summed E-state index contributed by atoms with van der Waals surface area (Å²) in [6.07, 6.45) is 1.89. The first-order valence-corrected chi connectivity index (χ1v) is 6.12. The second-order valence-corrected chi connectivity index (χ2v) is 4.79. The van der Waals surface area contributed by atoms with Crippen molar-refractivity contribution in [1.29, 1.82) is 0 Å². The van der Waals surface area contributed by atoms with Gasteiger partial charge in [0.05, 0.1) is 5.69 Å². The zero-order chi connectivity index (χ0) is 11.7. The molecule has 3 rings (SSSR count). The van der Waals surface area contributed by atoms with Crippen molar-refractivity contribution in [2.75, 3.05) is 13.1 Å². The first-order chi connectivity index (χ1) is 8.33. The maximum atomic E-state index is 4.43. The fraction of sp³-hybridized carbons (Fsp3) is 0.357. The standard InChI is InChI=1S/C14H17N3/c1-11-2-4-13(5-3-11)14-6-7-16-17(14)10-12-8-15-9-12/h2-7,12,15H,8-10H2,1H3. The van der Waals surface area contributed by atoms with Crippen LogP contribution in [0, 0.1) is 12.8 Å². The van der Waals surface area contributed by atoms with E-state index in [1.165, 1.54) is 16.8 Å². The number of aryl methyl sites for hydroxylation is 1. The third-order valence-corrected chi connectivity index (χ3v) is 3.36. The van der Waals surface area contributed by atoms with E-state index in [0.717, 1.165) is 25.6 Å². The van der Waals surface area contributed by atoms with Gasteiger partial charge in [-0.15, -0.1) is 0 Å². The van der Waals surface area contributed by atoms with E-state index < -0.39 is 0 Å². The molecule has 1 fully saturated rings. The molecule has 2 heterocycles. The van der Waals surface area contributed by atoms with Gasteiger partial charge >= 0.3 is 0 Å². The van der Waals surface area contributed by atoms with Crippen LogP contribution in [0.4, 0.5) is 0 Å². The summed E-state index contributed by atoms with van der Waals surface area (Å²) in [6, 6.07) is 10.7. The topological polar surface area (TPSA) is 29.9 Å². The van der Waals surface area contributed by atoms with Crippen LogP contribution in [0.25, 0.3) is 11.3 Å². The second kappa shape index (κ2) is 4.34. The molecule has 0 aliphatic carbocycles. The monoisotopic (exact) mass is 227 g/mol. The number of aromatic nitrogens is 2. The van der Waals surface area contributed by atoms with Crippen LogP contribution < -0.4 is 5.32 Å². The van der Waals surface area contributed by atoms with Gasteiger partial charge in [0.2, 0.25) is 0 Å². The molecule has 0 radical (unpaired) electrons. The summed E-state index contributed by atoms with van der Waals surface area (Å²) in [5.74, 6) is 0.735. The van der Waals surface area contributed by atoms with Crippen molar-refractivity contribution in [2.45, 2.75) is 13.5 Å². The minimum Gasteiger partial charge on any atom is -0.316 e. The first-order valence-electron chi connectivity index (χ1n) is 6.12. The Labute approximate surface area is 101 Å². The van der Waals surface area contributed by atoms with Crippen LogP contribution >= 0.6 is 0 Å². The number of hydrogen-bond acceptors (Lipinski definition) is 2. The van der Waals surface area contributed by atoms with E-state index in [1.807, 2.05) is 6.20 Å². The molecule has 1 N–H and O–H groups in total. The molecule has 0 saturated carbocycles. The maximum absolute atomic E-state index is 4.43. The Hall–Kier alpha value is -1.61. The summed E-state index contributed by atoms with van der Waals surface area (Å²) in [5.41, 5.74) is 3.76. The van der Waals surface area contributed by atoms with Gasteiger partial charge in [-0.2, -0.15) is 5.10 Å². The van der Waals surface area contributed by atoms with E-state index >= 15 is 0 Å². The van der Waals surface area contributed by atoms with Gasteiger partial charge in [-0.3, -0.25) is 4.68 Å². The van der Waals surface area contributed by atoms with Crippen molar-refractivity contribution in [2.24, 2.45) is 5.92 Å². The zero-order valence-corrected chi connectivity index (χ0v) is 10.1. The van der Waals surface area contributed by atoms with Crippen molar-refractivity contribution < 1.29 is 0 Å². The van der Waals surface area contributed by atoms with Crippen molar-refractivity contribution in [3.8, 4) is 11.3 Å². The molecule has 17 heavy (non-hydrogen) atoms. The number of nitrogens with one attached hydrogen (secondary N) is 1. The molecular weight excluding hydrogens is 210 g/mol. The minimum absolute atomic E-state index is 0.735. The Morgan fingerprint density at radius 1 is 1.24 bits per heavy atom. The molecule has 1 aromatic heterocycles. The number of nitrogens with zero attached hydrogens (tertiary/aromatic N) is 2. The second-order valence-electron chi connectivity index (χ2n) is 4.79. The highest BCUT2D eigenvalue weighted by Crippen LogP contribution is 2.20. The van der Waals surface area contributed by atoms with Gasteiger partial charge < -0.3 is 5.32 Å². The molecule has 3 nitrogen and oxygen atoms in total. The van der Waals surface area contributed by atoms with Crippen molar-refractivity contribution >= 4 is 0 Å². The van der Waals surface area contributed by atoms with Gasteiger partial charge in [0.25, 0.3) is 0 Å². The van der Waals surface area contributed by atoms with E-state index in [4.69, 9.17) is 0 Å². The molecule has 0 spiro atoms. The SMILES string of the molecule is Cc1ccc(-c2ccnn2CC2CNC2)cc1. The molecule has 1 saturated heterocycles. The third-order valence-electron chi connectivity index (χ3n) is 3.36. The lowest BCUT2D eigenvalue weighted by atomic mass is 10.0.